The summed E-state index contributed by atoms with van der Waals surface area (Å²) >= 11 is 0. The molecule has 2 heterocycles. The Balaban J connectivity index is 0.000000272. The topological polar surface area (TPSA) is 179 Å². The quantitative estimate of drug-likeness (QED) is 0.480. The molecule has 1 atom stereocenters. The van der Waals surface area contributed by atoms with E-state index in [2.05, 4.69) is 9.97 Å². The van der Waals surface area contributed by atoms with Gasteiger partial charge < -0.3 is 21.6 Å². The van der Waals surface area contributed by atoms with Crippen molar-refractivity contribution in [2.24, 2.45) is 12.8 Å². The van der Waals surface area contributed by atoms with Crippen LogP contribution in [0.4, 0.5) is 5.82 Å². The second-order valence-corrected chi connectivity index (χ2v) is 4.72. The van der Waals surface area contributed by atoms with E-state index in [0.717, 1.165) is 4.57 Å². The maximum absolute atomic E-state index is 11.2. The van der Waals surface area contributed by atoms with E-state index in [1.54, 1.807) is 13.1 Å². The summed E-state index contributed by atoms with van der Waals surface area (Å²) in [7, 11) is 1.57. The van der Waals surface area contributed by atoms with Gasteiger partial charge in [-0.1, -0.05) is 0 Å². The van der Waals surface area contributed by atoms with Gasteiger partial charge in [0.1, 0.15) is 11.9 Å². The summed E-state index contributed by atoms with van der Waals surface area (Å²) in [4.78, 5) is 49.1. The fourth-order valence-electron chi connectivity index (χ4n) is 1.54. The zero-order chi connectivity index (χ0) is 18.3. The zero-order valence-electron chi connectivity index (χ0n) is 12.9. The van der Waals surface area contributed by atoms with E-state index in [1.165, 1.54) is 23.0 Å². The number of anilines is 1. The number of carboxylic acid groups (broad SMARTS) is 1. The van der Waals surface area contributed by atoms with E-state index in [-0.39, 0.29) is 18.7 Å². The summed E-state index contributed by atoms with van der Waals surface area (Å²) in [5.74, 6) is -0.731. The van der Waals surface area contributed by atoms with Crippen molar-refractivity contribution in [3.8, 4) is 0 Å². The van der Waals surface area contributed by atoms with E-state index >= 15 is 0 Å². The zero-order valence-corrected chi connectivity index (χ0v) is 12.9. The molecule has 0 aliphatic heterocycles. The molecule has 130 valence electrons. The molecule has 6 N–H and O–H groups in total. The lowest BCUT2D eigenvalue weighted by molar-refractivity contribution is -0.138. The minimum atomic E-state index is -1.16. The van der Waals surface area contributed by atoms with Gasteiger partial charge in [0.25, 0.3) is 5.56 Å². The number of hydrogen-bond donors (Lipinski definition) is 4. The second kappa shape index (κ2) is 8.43. The first kappa shape index (κ1) is 18.8. The number of nitrogens with zero attached hydrogens (tertiary/aromatic N) is 3. The summed E-state index contributed by atoms with van der Waals surface area (Å²) in [6.07, 6.45) is 2.65. The number of rotatable bonds is 4. The van der Waals surface area contributed by atoms with Crippen LogP contribution in [0.3, 0.4) is 0 Å². The molecule has 0 aliphatic rings. The number of aliphatic carboxylic acids is 1. The fraction of sp³-hybridized carbons (Fsp3) is 0.308. The smallest absolute Gasteiger partial charge is 0.348 e. The number of nitrogens with two attached hydrogens (primary N) is 2. The maximum Gasteiger partial charge on any atom is 0.348 e. The van der Waals surface area contributed by atoms with Crippen LogP contribution in [0.5, 0.6) is 0 Å². The molecule has 11 nitrogen and oxygen atoms in total. The van der Waals surface area contributed by atoms with Crippen molar-refractivity contribution in [1.29, 1.82) is 0 Å². The molecule has 0 aliphatic carbocycles. The van der Waals surface area contributed by atoms with Gasteiger partial charge in [-0.2, -0.15) is 0 Å². The Morgan fingerprint density at radius 1 is 1.38 bits per heavy atom. The number of nitrogen functional groups attached to an aromatic ring is 1. The third-order valence-electron chi connectivity index (χ3n) is 3.03. The Bertz CT molecular complexity index is 840. The standard InChI is InChI=1S/C8H11N3O4.C5H7N3O/c9-5(7(13)14)2-4-11-6(12)1-3-10-8(11)15;1-8-4(6)2-3-7-5(8)9/h1,3,5H,2,4,9H2,(H,10,15)(H,13,14);2-3H,6H2,1H3. The summed E-state index contributed by atoms with van der Waals surface area (Å²) in [5.41, 5.74) is 9.21. The summed E-state index contributed by atoms with van der Waals surface area (Å²) in [6.45, 7) is -0.0114. The van der Waals surface area contributed by atoms with Crippen LogP contribution < -0.4 is 28.4 Å². The van der Waals surface area contributed by atoms with Crippen molar-refractivity contribution in [3.05, 3.63) is 55.8 Å². The van der Waals surface area contributed by atoms with Crippen LogP contribution in [0, 0.1) is 0 Å². The van der Waals surface area contributed by atoms with Gasteiger partial charge in [0.2, 0.25) is 0 Å². The van der Waals surface area contributed by atoms with E-state index in [4.69, 9.17) is 16.6 Å². The van der Waals surface area contributed by atoms with E-state index < -0.39 is 23.3 Å². The minimum absolute atomic E-state index is 0.0114. The van der Waals surface area contributed by atoms with Gasteiger partial charge in [-0.05, 0) is 12.5 Å². The molecule has 0 saturated carbocycles. The van der Waals surface area contributed by atoms with Crippen molar-refractivity contribution in [1.82, 2.24) is 19.1 Å². The highest BCUT2D eigenvalue weighted by Gasteiger charge is 2.12. The number of aromatic nitrogens is 4. The Labute approximate surface area is 135 Å². The first-order valence-electron chi connectivity index (χ1n) is 6.78. The van der Waals surface area contributed by atoms with E-state index in [9.17, 15) is 19.2 Å². The SMILES string of the molecule is Cn1c(N)ccnc1=O.NC(CCn1c(=O)cc[nH]c1=O)C(=O)O. The number of nitrogens with one attached hydrogen (secondary N) is 1. The molecule has 2 aromatic heterocycles. The lowest BCUT2D eigenvalue weighted by atomic mass is 10.2. The predicted octanol–water partition coefficient (Wildman–Crippen LogP) is -2.30. The molecule has 0 saturated heterocycles. The second-order valence-electron chi connectivity index (χ2n) is 4.72. The molecule has 0 bridgehead atoms. The Morgan fingerprint density at radius 3 is 2.54 bits per heavy atom. The lowest BCUT2D eigenvalue weighted by Gasteiger charge is -2.06. The van der Waals surface area contributed by atoms with Crippen LogP contribution in [0.15, 0.2) is 38.9 Å². The number of H-pyrrole nitrogens is 1. The number of hydrogen-bond acceptors (Lipinski definition) is 7. The molecule has 11 heteroatoms. The van der Waals surface area contributed by atoms with Gasteiger partial charge in [-0.3, -0.25) is 18.7 Å². The van der Waals surface area contributed by atoms with Gasteiger partial charge in [0, 0.05) is 32.1 Å². The Hall–Kier alpha value is -3.21. The van der Waals surface area contributed by atoms with Gasteiger partial charge in [0.15, 0.2) is 0 Å². The van der Waals surface area contributed by atoms with Gasteiger partial charge in [-0.25, -0.2) is 14.6 Å². The molecule has 1 unspecified atom stereocenters. The van der Waals surface area contributed by atoms with Crippen molar-refractivity contribution in [2.75, 3.05) is 5.73 Å². The molecule has 24 heavy (non-hydrogen) atoms. The monoisotopic (exact) mass is 338 g/mol. The third kappa shape index (κ3) is 5.21. The molecule has 2 aromatic rings. The maximum atomic E-state index is 11.2. The van der Waals surface area contributed by atoms with Crippen LogP contribution in [0.25, 0.3) is 0 Å². The lowest BCUT2D eigenvalue weighted by Crippen LogP contribution is -2.38. The molecule has 2 rings (SSSR count). The first-order valence-corrected chi connectivity index (χ1v) is 6.78. The summed E-state index contributed by atoms with van der Waals surface area (Å²) < 4.78 is 2.18. The van der Waals surface area contributed by atoms with Gasteiger partial charge >= 0.3 is 17.3 Å². The molecule has 0 radical (unpaired) electrons. The molecule has 0 fully saturated rings. The fourth-order valence-corrected chi connectivity index (χ4v) is 1.54. The van der Waals surface area contributed by atoms with Crippen LogP contribution in [-0.4, -0.2) is 36.2 Å². The van der Waals surface area contributed by atoms with Crippen LogP contribution in [0.1, 0.15) is 6.42 Å². The highest BCUT2D eigenvalue weighted by atomic mass is 16.4. The molecular formula is C13H18N6O5. The van der Waals surface area contributed by atoms with Crippen molar-refractivity contribution in [2.45, 2.75) is 19.0 Å². The van der Waals surface area contributed by atoms with Gasteiger partial charge in [0.05, 0.1) is 0 Å². The number of aromatic amines is 1. The van der Waals surface area contributed by atoms with Crippen molar-refractivity contribution in [3.63, 3.8) is 0 Å². The van der Waals surface area contributed by atoms with E-state index in [0.29, 0.717) is 5.82 Å². The van der Waals surface area contributed by atoms with Crippen LogP contribution >= 0.6 is 0 Å². The Kier molecular flexibility index (Phi) is 6.62. The van der Waals surface area contributed by atoms with E-state index in [1.807, 2.05) is 0 Å². The number of carboxylic acids is 1. The average molecular weight is 338 g/mol. The largest absolute Gasteiger partial charge is 0.480 e. The predicted molar refractivity (Wildman–Crippen MR) is 85.4 cm³/mol. The summed E-state index contributed by atoms with van der Waals surface area (Å²) in [5, 5.41) is 8.50. The Morgan fingerprint density at radius 2 is 2.04 bits per heavy atom. The highest BCUT2D eigenvalue weighted by Crippen LogP contribution is 1.90. The third-order valence-corrected chi connectivity index (χ3v) is 3.03. The first-order chi connectivity index (χ1) is 11.2. The van der Waals surface area contributed by atoms with Crippen molar-refractivity contribution < 1.29 is 9.90 Å². The van der Waals surface area contributed by atoms with Crippen molar-refractivity contribution >= 4 is 11.8 Å². The molecule has 0 aromatic carbocycles. The molecular weight excluding hydrogens is 320 g/mol. The van der Waals surface area contributed by atoms with Gasteiger partial charge in [-0.15, -0.1) is 0 Å². The van der Waals surface area contributed by atoms with Crippen LogP contribution in [-0.2, 0) is 18.4 Å². The summed E-state index contributed by atoms with van der Waals surface area (Å²) in [6, 6.07) is 1.69. The minimum Gasteiger partial charge on any atom is -0.480 e. The number of carbonyl (C=O) groups is 1. The highest BCUT2D eigenvalue weighted by molar-refractivity contribution is 5.72. The molecule has 0 amide bonds. The molecule has 0 spiro atoms. The van der Waals surface area contributed by atoms with Crippen LogP contribution in [0.2, 0.25) is 0 Å². The average Bonchev–Trinajstić information content (AvgIpc) is 2.52. The normalized spacial score (nSPS) is 11.2.